The molecule has 0 aliphatic carbocycles. The van der Waals surface area contributed by atoms with Crippen molar-refractivity contribution in [3.63, 3.8) is 0 Å². The van der Waals surface area contributed by atoms with Crippen LogP contribution in [0.1, 0.15) is 30.8 Å². The first-order valence-corrected chi connectivity index (χ1v) is 11.8. The molecule has 0 saturated carbocycles. The number of hydrogen-bond acceptors (Lipinski definition) is 6. The van der Waals surface area contributed by atoms with Crippen LogP contribution in [0.25, 0.3) is 17.0 Å². The number of nitrogens with zero attached hydrogens (tertiary/aromatic N) is 3. The van der Waals surface area contributed by atoms with E-state index < -0.39 is 5.97 Å². The SMILES string of the molecule is CCOc1cc(C=Nn2c(CC)nc3ccccc3c2=O)ccc1OC(=O)/C=C/c1ccc(Cl)cc1. The van der Waals surface area contributed by atoms with Crippen LogP contribution in [0.15, 0.2) is 82.7 Å². The molecule has 0 saturated heterocycles. The molecule has 0 aliphatic rings. The molecule has 4 aromatic rings. The van der Waals surface area contributed by atoms with E-state index in [0.29, 0.717) is 46.1 Å². The van der Waals surface area contributed by atoms with Crippen molar-refractivity contribution in [3.8, 4) is 11.5 Å². The fourth-order valence-corrected chi connectivity index (χ4v) is 3.61. The zero-order chi connectivity index (χ0) is 25.5. The molecule has 7 nitrogen and oxygen atoms in total. The van der Waals surface area contributed by atoms with Gasteiger partial charge < -0.3 is 9.47 Å². The van der Waals surface area contributed by atoms with Crippen molar-refractivity contribution in [2.24, 2.45) is 5.10 Å². The van der Waals surface area contributed by atoms with Gasteiger partial charge in [-0.2, -0.15) is 9.78 Å². The molecule has 0 bridgehead atoms. The van der Waals surface area contributed by atoms with Crippen molar-refractivity contribution in [3.05, 3.63) is 105 Å². The van der Waals surface area contributed by atoms with Crippen LogP contribution in [0.5, 0.6) is 11.5 Å². The highest BCUT2D eigenvalue weighted by atomic mass is 35.5. The lowest BCUT2D eigenvalue weighted by Gasteiger charge is -2.11. The lowest BCUT2D eigenvalue weighted by atomic mass is 10.2. The second-order valence-corrected chi connectivity index (χ2v) is 8.14. The maximum atomic E-state index is 13.0. The molecule has 0 fully saturated rings. The Morgan fingerprint density at radius 2 is 1.78 bits per heavy atom. The van der Waals surface area contributed by atoms with Crippen molar-refractivity contribution >= 4 is 40.8 Å². The van der Waals surface area contributed by atoms with E-state index >= 15 is 0 Å². The van der Waals surface area contributed by atoms with Gasteiger partial charge in [-0.15, -0.1) is 0 Å². The van der Waals surface area contributed by atoms with Crippen LogP contribution in [0.2, 0.25) is 5.02 Å². The largest absolute Gasteiger partial charge is 0.490 e. The van der Waals surface area contributed by atoms with Crippen LogP contribution in [-0.2, 0) is 11.2 Å². The van der Waals surface area contributed by atoms with Crippen LogP contribution < -0.4 is 15.0 Å². The first kappa shape index (κ1) is 24.9. The Morgan fingerprint density at radius 1 is 1.03 bits per heavy atom. The van der Waals surface area contributed by atoms with Gasteiger partial charge in [-0.25, -0.2) is 9.78 Å². The van der Waals surface area contributed by atoms with Crippen molar-refractivity contribution in [2.45, 2.75) is 20.3 Å². The average molecular weight is 502 g/mol. The van der Waals surface area contributed by atoms with Crippen molar-refractivity contribution < 1.29 is 14.3 Å². The van der Waals surface area contributed by atoms with Crippen LogP contribution in [0.3, 0.4) is 0 Å². The zero-order valence-electron chi connectivity index (χ0n) is 19.8. The Balaban J connectivity index is 1.57. The monoisotopic (exact) mass is 501 g/mol. The summed E-state index contributed by atoms with van der Waals surface area (Å²) in [7, 11) is 0. The van der Waals surface area contributed by atoms with Gasteiger partial charge in [0.25, 0.3) is 5.56 Å². The highest BCUT2D eigenvalue weighted by Crippen LogP contribution is 2.28. The fourth-order valence-electron chi connectivity index (χ4n) is 3.48. The Morgan fingerprint density at radius 3 is 2.53 bits per heavy atom. The molecule has 0 atom stereocenters. The number of fused-ring (bicyclic) bond motifs is 1. The predicted molar refractivity (Wildman–Crippen MR) is 142 cm³/mol. The maximum absolute atomic E-state index is 13.0. The lowest BCUT2D eigenvalue weighted by molar-refractivity contribution is -0.129. The first-order chi connectivity index (χ1) is 17.5. The summed E-state index contributed by atoms with van der Waals surface area (Å²) in [5, 5.41) is 5.50. The van der Waals surface area contributed by atoms with Gasteiger partial charge in [0.05, 0.1) is 23.7 Å². The van der Waals surface area contributed by atoms with Gasteiger partial charge in [0, 0.05) is 17.5 Å². The van der Waals surface area contributed by atoms with Gasteiger partial charge in [-0.3, -0.25) is 4.79 Å². The smallest absolute Gasteiger partial charge is 0.336 e. The molecule has 182 valence electrons. The summed E-state index contributed by atoms with van der Waals surface area (Å²) in [6, 6.07) is 19.3. The molecule has 3 aromatic carbocycles. The quantitative estimate of drug-likeness (QED) is 0.137. The summed E-state index contributed by atoms with van der Waals surface area (Å²) >= 11 is 5.89. The third kappa shape index (κ3) is 5.87. The molecule has 4 rings (SSSR count). The molecule has 0 amide bonds. The summed E-state index contributed by atoms with van der Waals surface area (Å²) in [5.41, 5.74) is 1.88. The van der Waals surface area contributed by atoms with Crippen LogP contribution in [0, 0.1) is 0 Å². The van der Waals surface area contributed by atoms with Gasteiger partial charge in [-0.1, -0.05) is 42.8 Å². The van der Waals surface area contributed by atoms with E-state index in [1.807, 2.05) is 26.0 Å². The van der Waals surface area contributed by atoms with Crippen molar-refractivity contribution in [1.82, 2.24) is 9.66 Å². The predicted octanol–water partition coefficient (Wildman–Crippen LogP) is 5.51. The second-order valence-electron chi connectivity index (χ2n) is 7.71. The van der Waals surface area contributed by atoms with Gasteiger partial charge >= 0.3 is 5.97 Å². The number of esters is 1. The minimum absolute atomic E-state index is 0.239. The first-order valence-electron chi connectivity index (χ1n) is 11.5. The molecule has 0 aliphatic heterocycles. The normalized spacial score (nSPS) is 11.4. The number of aryl methyl sites for hydroxylation is 1. The fraction of sp³-hybridized carbons (Fsp3) is 0.143. The molecular weight excluding hydrogens is 478 g/mol. The molecule has 36 heavy (non-hydrogen) atoms. The summed E-state index contributed by atoms with van der Waals surface area (Å²) in [4.78, 5) is 29.9. The summed E-state index contributed by atoms with van der Waals surface area (Å²) < 4.78 is 12.5. The van der Waals surface area contributed by atoms with E-state index in [2.05, 4.69) is 10.1 Å². The molecule has 1 heterocycles. The highest BCUT2D eigenvalue weighted by Gasteiger charge is 2.11. The van der Waals surface area contributed by atoms with Crippen molar-refractivity contribution in [2.75, 3.05) is 6.61 Å². The van der Waals surface area contributed by atoms with Gasteiger partial charge in [0.15, 0.2) is 11.5 Å². The van der Waals surface area contributed by atoms with Gasteiger partial charge in [-0.05, 0) is 66.6 Å². The second kappa shape index (κ2) is 11.5. The standard InChI is InChI=1S/C28H24ClN3O4/c1-3-26-31-23-8-6-5-7-22(23)28(34)32(26)30-18-20-11-15-24(25(17-20)35-4-2)36-27(33)16-12-19-9-13-21(29)14-10-19/h5-18H,3-4H2,1-2H3/b16-12+,30-18?. The Hall–Kier alpha value is -4.23. The summed E-state index contributed by atoms with van der Waals surface area (Å²) in [6.07, 6.45) is 5.06. The molecule has 0 unspecified atom stereocenters. The molecule has 0 spiro atoms. The number of ether oxygens (including phenoxy) is 2. The van der Waals surface area contributed by atoms with E-state index in [1.165, 1.54) is 10.8 Å². The topological polar surface area (TPSA) is 82.8 Å². The Labute approximate surface area is 213 Å². The number of rotatable bonds is 8. The molecule has 8 heteroatoms. The minimum atomic E-state index is -0.548. The van der Waals surface area contributed by atoms with E-state index in [9.17, 15) is 9.59 Å². The molecule has 0 radical (unpaired) electrons. The van der Waals surface area contributed by atoms with Crippen LogP contribution >= 0.6 is 11.6 Å². The van der Waals surface area contributed by atoms with E-state index in [-0.39, 0.29) is 11.3 Å². The van der Waals surface area contributed by atoms with Crippen molar-refractivity contribution in [1.29, 1.82) is 0 Å². The van der Waals surface area contributed by atoms with E-state index in [4.69, 9.17) is 21.1 Å². The Kier molecular flexibility index (Phi) is 7.92. The summed E-state index contributed by atoms with van der Waals surface area (Å²) in [5.74, 6) is 0.666. The number of benzene rings is 3. The third-order valence-electron chi connectivity index (χ3n) is 5.22. The third-order valence-corrected chi connectivity index (χ3v) is 5.47. The van der Waals surface area contributed by atoms with Gasteiger partial charge in [0.2, 0.25) is 0 Å². The number of para-hydroxylation sites is 1. The Bertz CT molecular complexity index is 1510. The number of halogens is 1. The number of carbonyl (C=O) groups excluding carboxylic acids is 1. The minimum Gasteiger partial charge on any atom is -0.490 e. The van der Waals surface area contributed by atoms with Gasteiger partial charge in [0.1, 0.15) is 5.82 Å². The zero-order valence-corrected chi connectivity index (χ0v) is 20.6. The van der Waals surface area contributed by atoms with E-state index in [1.54, 1.807) is 66.9 Å². The van der Waals surface area contributed by atoms with E-state index in [0.717, 1.165) is 5.56 Å². The summed E-state index contributed by atoms with van der Waals surface area (Å²) in [6.45, 7) is 4.13. The average Bonchev–Trinajstić information content (AvgIpc) is 2.89. The maximum Gasteiger partial charge on any atom is 0.336 e. The van der Waals surface area contributed by atoms with Crippen LogP contribution in [0.4, 0.5) is 0 Å². The molecule has 0 N–H and O–H groups in total. The van der Waals surface area contributed by atoms with Crippen LogP contribution in [-0.4, -0.2) is 28.5 Å². The highest BCUT2D eigenvalue weighted by molar-refractivity contribution is 6.30. The number of hydrogen-bond donors (Lipinski definition) is 0. The molecular formula is C28H24ClN3O4. The molecule has 1 aromatic heterocycles. The lowest BCUT2D eigenvalue weighted by Crippen LogP contribution is -2.22. The number of aromatic nitrogens is 2. The number of carbonyl (C=O) groups is 1.